The third-order valence-electron chi connectivity index (χ3n) is 4.06. The second-order valence-electron chi connectivity index (χ2n) is 5.68. The molecule has 2 heterocycles. The minimum Gasteiger partial charge on any atom is -0.351 e. The predicted molar refractivity (Wildman–Crippen MR) is 91.3 cm³/mol. The fourth-order valence-corrected chi connectivity index (χ4v) is 4.44. The van der Waals surface area contributed by atoms with Crippen LogP contribution in [0.3, 0.4) is 0 Å². The Balaban J connectivity index is 1.67. The van der Waals surface area contributed by atoms with Crippen LogP contribution in [0.25, 0.3) is 10.2 Å². The Kier molecular flexibility index (Phi) is 4.65. The van der Waals surface area contributed by atoms with E-state index in [2.05, 4.69) is 29.1 Å². The van der Waals surface area contributed by atoms with E-state index in [0.29, 0.717) is 18.2 Å². The fourth-order valence-electron chi connectivity index (χ4n) is 2.51. The highest BCUT2D eigenvalue weighted by molar-refractivity contribution is 8.00. The molecule has 1 aliphatic rings. The molecule has 0 saturated heterocycles. The van der Waals surface area contributed by atoms with Crippen LogP contribution in [-0.4, -0.2) is 34.2 Å². The molecule has 1 fully saturated rings. The van der Waals surface area contributed by atoms with Crippen molar-refractivity contribution in [1.82, 2.24) is 15.3 Å². The Bertz CT molecular complexity index is 696. The first-order chi connectivity index (χ1) is 10.6. The van der Waals surface area contributed by atoms with Gasteiger partial charge in [0.1, 0.15) is 16.2 Å². The lowest BCUT2D eigenvalue weighted by Gasteiger charge is -2.15. The SMILES string of the molecule is Cc1sc2ncnc(SCC(=O)NC(CN)C3CC3)c2c1C. The number of hydrogen-bond donors (Lipinski definition) is 2. The molecule has 3 rings (SSSR count). The summed E-state index contributed by atoms with van der Waals surface area (Å²) in [5.74, 6) is 0.971. The molecule has 1 aliphatic carbocycles. The first-order valence-electron chi connectivity index (χ1n) is 7.43. The quantitative estimate of drug-likeness (QED) is 0.625. The number of rotatable bonds is 6. The van der Waals surface area contributed by atoms with Crippen LogP contribution in [0.2, 0.25) is 0 Å². The van der Waals surface area contributed by atoms with E-state index in [4.69, 9.17) is 5.73 Å². The molecule has 2 aromatic heterocycles. The third kappa shape index (κ3) is 3.26. The fraction of sp³-hybridized carbons (Fsp3) is 0.533. The largest absolute Gasteiger partial charge is 0.351 e. The van der Waals surface area contributed by atoms with E-state index < -0.39 is 0 Å². The standard InChI is InChI=1S/C15H20N4OS2/c1-8-9(2)22-15-13(8)14(17-7-18-15)21-6-12(20)19-11(5-16)10-3-4-10/h7,10-11H,3-6,16H2,1-2H3,(H,19,20). The van der Waals surface area contributed by atoms with Crippen LogP contribution in [0.5, 0.6) is 0 Å². The molecule has 0 spiro atoms. The van der Waals surface area contributed by atoms with Crippen LogP contribution >= 0.6 is 23.1 Å². The van der Waals surface area contributed by atoms with Gasteiger partial charge in [-0.3, -0.25) is 4.79 Å². The number of amides is 1. The van der Waals surface area contributed by atoms with E-state index >= 15 is 0 Å². The van der Waals surface area contributed by atoms with Crippen molar-refractivity contribution in [2.24, 2.45) is 11.7 Å². The highest BCUT2D eigenvalue weighted by Crippen LogP contribution is 2.34. The molecule has 1 amide bonds. The van der Waals surface area contributed by atoms with Crippen LogP contribution in [0, 0.1) is 19.8 Å². The molecule has 118 valence electrons. The van der Waals surface area contributed by atoms with Gasteiger partial charge in [0, 0.05) is 22.8 Å². The molecule has 3 N–H and O–H groups in total. The Labute approximate surface area is 138 Å². The Morgan fingerprint density at radius 1 is 1.50 bits per heavy atom. The van der Waals surface area contributed by atoms with Crippen molar-refractivity contribution in [2.45, 2.75) is 37.8 Å². The van der Waals surface area contributed by atoms with Crippen molar-refractivity contribution in [3.63, 3.8) is 0 Å². The van der Waals surface area contributed by atoms with Gasteiger partial charge >= 0.3 is 0 Å². The molecule has 0 aliphatic heterocycles. The molecule has 1 atom stereocenters. The lowest BCUT2D eigenvalue weighted by molar-refractivity contribution is -0.119. The Hall–Kier alpha value is -1.18. The lowest BCUT2D eigenvalue weighted by Crippen LogP contribution is -2.42. The molecule has 7 heteroatoms. The predicted octanol–water partition coefficient (Wildman–Crippen LogP) is 2.25. The summed E-state index contributed by atoms with van der Waals surface area (Å²) in [4.78, 5) is 23.0. The van der Waals surface area contributed by atoms with Crippen molar-refractivity contribution >= 4 is 39.2 Å². The van der Waals surface area contributed by atoms with Gasteiger partial charge in [0.05, 0.1) is 5.75 Å². The number of aromatic nitrogens is 2. The number of fused-ring (bicyclic) bond motifs is 1. The molecular weight excluding hydrogens is 316 g/mol. The van der Waals surface area contributed by atoms with Crippen molar-refractivity contribution in [1.29, 1.82) is 0 Å². The molecule has 5 nitrogen and oxygen atoms in total. The number of hydrogen-bond acceptors (Lipinski definition) is 6. The molecule has 1 unspecified atom stereocenters. The number of nitrogens with two attached hydrogens (primary N) is 1. The maximum absolute atomic E-state index is 12.1. The van der Waals surface area contributed by atoms with E-state index in [1.165, 1.54) is 35.0 Å². The number of thioether (sulfide) groups is 1. The van der Waals surface area contributed by atoms with Gasteiger partial charge in [-0.25, -0.2) is 9.97 Å². The smallest absolute Gasteiger partial charge is 0.230 e. The summed E-state index contributed by atoms with van der Waals surface area (Å²) in [7, 11) is 0. The van der Waals surface area contributed by atoms with Crippen molar-refractivity contribution in [2.75, 3.05) is 12.3 Å². The van der Waals surface area contributed by atoms with E-state index in [9.17, 15) is 4.79 Å². The number of nitrogens with zero attached hydrogens (tertiary/aromatic N) is 2. The van der Waals surface area contributed by atoms with E-state index in [0.717, 1.165) is 15.2 Å². The molecular formula is C15H20N4OS2. The van der Waals surface area contributed by atoms with Crippen molar-refractivity contribution in [3.8, 4) is 0 Å². The number of thiophene rings is 1. The second kappa shape index (κ2) is 6.52. The number of carbonyl (C=O) groups is 1. The average Bonchev–Trinajstić information content (AvgIpc) is 3.30. The summed E-state index contributed by atoms with van der Waals surface area (Å²) >= 11 is 3.14. The van der Waals surface area contributed by atoms with Gasteiger partial charge in [-0.1, -0.05) is 11.8 Å². The van der Waals surface area contributed by atoms with Crippen LogP contribution in [-0.2, 0) is 4.79 Å². The van der Waals surface area contributed by atoms with Crippen LogP contribution < -0.4 is 11.1 Å². The summed E-state index contributed by atoms with van der Waals surface area (Å²) < 4.78 is 0. The topological polar surface area (TPSA) is 80.9 Å². The number of nitrogens with one attached hydrogen (secondary N) is 1. The third-order valence-corrected chi connectivity index (χ3v) is 6.17. The first kappa shape index (κ1) is 15.7. The van der Waals surface area contributed by atoms with E-state index in [1.54, 1.807) is 17.7 Å². The number of aryl methyl sites for hydroxylation is 2. The van der Waals surface area contributed by atoms with Gasteiger partial charge < -0.3 is 11.1 Å². The van der Waals surface area contributed by atoms with Crippen LogP contribution in [0.1, 0.15) is 23.3 Å². The molecule has 0 bridgehead atoms. The summed E-state index contributed by atoms with van der Waals surface area (Å²) in [6, 6.07) is 0.128. The van der Waals surface area contributed by atoms with Gasteiger partial charge in [0.2, 0.25) is 5.91 Å². The minimum atomic E-state index is 0.0312. The summed E-state index contributed by atoms with van der Waals surface area (Å²) in [5, 5.41) is 5.01. The molecule has 1 saturated carbocycles. The maximum Gasteiger partial charge on any atom is 0.230 e. The molecule has 0 aromatic carbocycles. The summed E-state index contributed by atoms with van der Waals surface area (Å²) in [5.41, 5.74) is 6.94. The minimum absolute atomic E-state index is 0.0312. The van der Waals surface area contributed by atoms with Crippen molar-refractivity contribution < 1.29 is 4.79 Å². The lowest BCUT2D eigenvalue weighted by atomic mass is 10.2. The molecule has 0 radical (unpaired) electrons. The summed E-state index contributed by atoms with van der Waals surface area (Å²) in [6.45, 7) is 4.69. The zero-order valence-electron chi connectivity index (χ0n) is 12.8. The maximum atomic E-state index is 12.1. The Morgan fingerprint density at radius 2 is 2.27 bits per heavy atom. The van der Waals surface area contributed by atoms with Gasteiger partial charge in [-0.15, -0.1) is 11.3 Å². The zero-order chi connectivity index (χ0) is 15.7. The van der Waals surface area contributed by atoms with Crippen molar-refractivity contribution in [3.05, 3.63) is 16.8 Å². The van der Waals surface area contributed by atoms with Gasteiger partial charge in [0.15, 0.2) is 0 Å². The van der Waals surface area contributed by atoms with Gasteiger partial charge in [0.25, 0.3) is 0 Å². The normalized spacial score (nSPS) is 16.0. The van der Waals surface area contributed by atoms with Gasteiger partial charge in [-0.05, 0) is 38.2 Å². The molecule has 2 aromatic rings. The van der Waals surface area contributed by atoms with Crippen LogP contribution in [0.15, 0.2) is 11.4 Å². The molecule has 22 heavy (non-hydrogen) atoms. The van der Waals surface area contributed by atoms with E-state index in [-0.39, 0.29) is 11.9 Å². The number of carbonyl (C=O) groups excluding carboxylic acids is 1. The second-order valence-corrected chi connectivity index (χ2v) is 7.85. The average molecular weight is 336 g/mol. The van der Waals surface area contributed by atoms with Crippen LogP contribution in [0.4, 0.5) is 0 Å². The summed E-state index contributed by atoms with van der Waals surface area (Å²) in [6.07, 6.45) is 3.93. The Morgan fingerprint density at radius 3 is 2.95 bits per heavy atom. The highest BCUT2D eigenvalue weighted by atomic mass is 32.2. The van der Waals surface area contributed by atoms with Gasteiger partial charge in [-0.2, -0.15) is 0 Å². The zero-order valence-corrected chi connectivity index (χ0v) is 14.4. The first-order valence-corrected chi connectivity index (χ1v) is 9.23. The highest BCUT2D eigenvalue weighted by Gasteiger charge is 2.31. The van der Waals surface area contributed by atoms with E-state index in [1.807, 2.05) is 0 Å². The monoisotopic (exact) mass is 336 g/mol.